The van der Waals surface area contributed by atoms with Crippen molar-refractivity contribution in [3.05, 3.63) is 149 Å². The fourth-order valence-electron chi connectivity index (χ4n) is 3.89. The second-order valence-corrected chi connectivity index (χ2v) is 9.45. The van der Waals surface area contributed by atoms with Gasteiger partial charge in [-0.3, -0.25) is 0 Å². The quantitative estimate of drug-likeness (QED) is 0.113. The van der Waals surface area contributed by atoms with Gasteiger partial charge in [-0.05, 0) is 102 Å². The lowest BCUT2D eigenvalue weighted by Gasteiger charge is -2.08. The second kappa shape index (κ2) is 14.6. The molecule has 5 rings (SSSR count). The number of phenols is 1. The average Bonchev–Trinajstić information content (AvgIpc) is 3.06. The number of carboxylic acid groups (broad SMARTS) is 3. The molecule has 0 aliphatic carbocycles. The van der Waals surface area contributed by atoms with E-state index in [9.17, 15) is 24.0 Å². The number of ether oxygens (including phenoxy) is 2. The van der Waals surface area contributed by atoms with Gasteiger partial charge in [0.05, 0.1) is 27.8 Å². The molecule has 46 heavy (non-hydrogen) atoms. The highest BCUT2D eigenvalue weighted by molar-refractivity contribution is 5.96. The molecule has 11 nitrogen and oxygen atoms in total. The molecule has 230 valence electrons. The molecule has 11 heteroatoms. The third kappa shape index (κ3) is 8.64. The van der Waals surface area contributed by atoms with Crippen LogP contribution in [0.15, 0.2) is 121 Å². The molecular weight excluding hydrogens is 596 g/mol. The van der Waals surface area contributed by atoms with Crippen molar-refractivity contribution in [2.75, 3.05) is 0 Å². The molecule has 0 aliphatic rings. The molecule has 0 amide bonds. The zero-order valence-electron chi connectivity index (χ0n) is 23.7. The Bertz CT molecular complexity index is 1880. The molecule has 0 fully saturated rings. The number of aromatic carboxylic acids is 3. The Morgan fingerprint density at radius 3 is 1.22 bits per heavy atom. The summed E-state index contributed by atoms with van der Waals surface area (Å²) in [5, 5.41) is 35.1. The van der Waals surface area contributed by atoms with Crippen molar-refractivity contribution in [1.29, 1.82) is 0 Å². The minimum Gasteiger partial charge on any atom is -0.508 e. The Labute approximate surface area is 261 Å². The minimum atomic E-state index is -1.14. The van der Waals surface area contributed by atoms with Gasteiger partial charge >= 0.3 is 29.8 Å². The number of hydrogen-bond donors (Lipinski definition) is 4. The first-order valence-electron chi connectivity index (χ1n) is 13.3. The van der Waals surface area contributed by atoms with E-state index in [0.717, 1.165) is 11.1 Å². The fourth-order valence-corrected chi connectivity index (χ4v) is 3.89. The van der Waals surface area contributed by atoms with Crippen LogP contribution in [0.25, 0.3) is 11.1 Å². The molecule has 0 unspecified atom stereocenters. The SMILES string of the molecule is O=C(O)c1ccc(C(=O)Oc2ccc(-c3ccc(OC(=O)c4cccc(C(=O)O)c4)cc3)cc2)cc1.O=C(O)c1ccc(O)cc1. The Morgan fingerprint density at radius 1 is 0.413 bits per heavy atom. The standard InChI is InChI=1S/C28H18O8.C7H6O3/c29-25(30)19-4-6-20(7-5-19)27(33)35-23-12-8-17(9-13-23)18-10-14-24(15-11-18)36-28(34)22-3-1-2-21(16-22)26(31)32;8-6-3-1-5(2-4-6)7(9)10/h1-16H,(H,29,30)(H,31,32);1-4,8H,(H,9,10). The molecule has 0 spiro atoms. The summed E-state index contributed by atoms with van der Waals surface area (Å²) < 4.78 is 10.7. The number of carbonyl (C=O) groups excluding carboxylic acids is 2. The zero-order valence-corrected chi connectivity index (χ0v) is 23.7. The van der Waals surface area contributed by atoms with Gasteiger partial charge in [0.15, 0.2) is 0 Å². The van der Waals surface area contributed by atoms with Gasteiger partial charge in [-0.25, -0.2) is 24.0 Å². The summed E-state index contributed by atoms with van der Waals surface area (Å²) in [6.07, 6.45) is 0. The smallest absolute Gasteiger partial charge is 0.343 e. The zero-order chi connectivity index (χ0) is 33.2. The second-order valence-electron chi connectivity index (χ2n) is 9.45. The van der Waals surface area contributed by atoms with E-state index in [1.165, 1.54) is 72.8 Å². The van der Waals surface area contributed by atoms with Crippen LogP contribution in [0, 0.1) is 0 Å². The molecule has 4 N–H and O–H groups in total. The predicted octanol–water partition coefficient (Wildman–Crippen LogP) is 6.28. The largest absolute Gasteiger partial charge is 0.508 e. The summed E-state index contributed by atoms with van der Waals surface area (Å²) >= 11 is 0. The molecule has 0 aromatic heterocycles. The molecule has 0 aliphatic heterocycles. The Hall–Kier alpha value is -6.75. The summed E-state index contributed by atoms with van der Waals surface area (Å²) in [6.45, 7) is 0. The highest BCUT2D eigenvalue weighted by atomic mass is 16.5. The Balaban J connectivity index is 0.000000409. The first-order chi connectivity index (χ1) is 22.0. The van der Waals surface area contributed by atoms with E-state index in [2.05, 4.69) is 0 Å². The number of esters is 2. The summed E-state index contributed by atoms with van der Waals surface area (Å²) in [5.74, 6) is -3.80. The number of hydrogen-bond acceptors (Lipinski definition) is 8. The van der Waals surface area contributed by atoms with Crippen molar-refractivity contribution < 1.29 is 53.9 Å². The maximum atomic E-state index is 12.3. The number of benzene rings is 5. The molecule has 0 saturated carbocycles. The highest BCUT2D eigenvalue weighted by Gasteiger charge is 2.13. The number of phenolic OH excluding ortho intramolecular Hbond substituents is 1. The molecule has 0 radical (unpaired) electrons. The number of carbonyl (C=O) groups is 5. The van der Waals surface area contributed by atoms with Gasteiger partial charge in [0.2, 0.25) is 0 Å². The van der Waals surface area contributed by atoms with Gasteiger partial charge in [0.1, 0.15) is 17.2 Å². The first kappa shape index (κ1) is 32.2. The topological polar surface area (TPSA) is 185 Å². The van der Waals surface area contributed by atoms with E-state index in [-0.39, 0.29) is 33.6 Å². The van der Waals surface area contributed by atoms with Crippen LogP contribution in [-0.4, -0.2) is 50.3 Å². The van der Waals surface area contributed by atoms with Gasteiger partial charge in [-0.15, -0.1) is 0 Å². The van der Waals surface area contributed by atoms with Gasteiger partial charge in [-0.2, -0.15) is 0 Å². The lowest BCUT2D eigenvalue weighted by atomic mass is 10.1. The van der Waals surface area contributed by atoms with Crippen molar-refractivity contribution in [1.82, 2.24) is 0 Å². The van der Waals surface area contributed by atoms with E-state index in [0.29, 0.717) is 11.5 Å². The maximum absolute atomic E-state index is 12.3. The molecule has 0 atom stereocenters. The third-order valence-electron chi connectivity index (χ3n) is 6.29. The summed E-state index contributed by atoms with van der Waals surface area (Å²) in [4.78, 5) is 56.9. The molecule has 5 aromatic rings. The number of carboxylic acids is 3. The highest BCUT2D eigenvalue weighted by Crippen LogP contribution is 2.25. The van der Waals surface area contributed by atoms with Crippen molar-refractivity contribution in [3.63, 3.8) is 0 Å². The normalized spacial score (nSPS) is 10.1. The Kier molecular flexibility index (Phi) is 10.2. The fraction of sp³-hybridized carbons (Fsp3) is 0. The van der Waals surface area contributed by atoms with Crippen molar-refractivity contribution in [3.8, 4) is 28.4 Å². The lowest BCUT2D eigenvalue weighted by molar-refractivity contribution is 0.0684. The molecule has 5 aromatic carbocycles. The molecular formula is C35H24O11. The maximum Gasteiger partial charge on any atom is 0.343 e. The molecule has 0 heterocycles. The van der Waals surface area contributed by atoms with Gasteiger partial charge in [0.25, 0.3) is 0 Å². The van der Waals surface area contributed by atoms with Crippen LogP contribution in [-0.2, 0) is 0 Å². The van der Waals surface area contributed by atoms with Crippen LogP contribution in [0.4, 0.5) is 0 Å². The van der Waals surface area contributed by atoms with E-state index in [1.54, 1.807) is 48.5 Å². The van der Waals surface area contributed by atoms with Gasteiger partial charge in [0, 0.05) is 0 Å². The minimum absolute atomic E-state index is 0.00924. The van der Waals surface area contributed by atoms with Crippen LogP contribution in [0.2, 0.25) is 0 Å². The molecule has 0 saturated heterocycles. The van der Waals surface area contributed by atoms with Crippen LogP contribution in [0.5, 0.6) is 17.2 Å². The van der Waals surface area contributed by atoms with Crippen LogP contribution >= 0.6 is 0 Å². The van der Waals surface area contributed by atoms with Gasteiger partial charge < -0.3 is 29.9 Å². The third-order valence-corrected chi connectivity index (χ3v) is 6.29. The molecule has 0 bridgehead atoms. The monoisotopic (exact) mass is 620 g/mol. The predicted molar refractivity (Wildman–Crippen MR) is 164 cm³/mol. The van der Waals surface area contributed by atoms with E-state index in [4.69, 9.17) is 29.9 Å². The van der Waals surface area contributed by atoms with Crippen LogP contribution in [0.3, 0.4) is 0 Å². The summed E-state index contributed by atoms with van der Waals surface area (Å²) in [5.41, 5.74) is 2.25. The van der Waals surface area contributed by atoms with Crippen molar-refractivity contribution in [2.45, 2.75) is 0 Å². The lowest BCUT2D eigenvalue weighted by Crippen LogP contribution is -2.09. The Morgan fingerprint density at radius 2 is 0.783 bits per heavy atom. The van der Waals surface area contributed by atoms with Crippen LogP contribution in [0.1, 0.15) is 51.8 Å². The van der Waals surface area contributed by atoms with Crippen LogP contribution < -0.4 is 9.47 Å². The number of aromatic hydroxyl groups is 1. The summed E-state index contributed by atoms with van der Waals surface area (Å²) in [7, 11) is 0. The van der Waals surface area contributed by atoms with Gasteiger partial charge in [-0.1, -0.05) is 30.3 Å². The van der Waals surface area contributed by atoms with E-state index < -0.39 is 29.8 Å². The van der Waals surface area contributed by atoms with Crippen molar-refractivity contribution in [2.24, 2.45) is 0 Å². The van der Waals surface area contributed by atoms with E-state index >= 15 is 0 Å². The summed E-state index contributed by atoms with van der Waals surface area (Å²) in [6, 6.07) is 29.9. The number of rotatable bonds is 8. The first-order valence-corrected chi connectivity index (χ1v) is 13.3. The average molecular weight is 621 g/mol. The van der Waals surface area contributed by atoms with E-state index in [1.807, 2.05) is 0 Å². The van der Waals surface area contributed by atoms with Crippen molar-refractivity contribution >= 4 is 29.8 Å².